The lowest BCUT2D eigenvalue weighted by Crippen LogP contribution is -2.16. The van der Waals surface area contributed by atoms with E-state index >= 15 is 0 Å². The molecule has 0 spiro atoms. The summed E-state index contributed by atoms with van der Waals surface area (Å²) in [6.07, 6.45) is 0. The van der Waals surface area contributed by atoms with E-state index < -0.39 is 0 Å². The van der Waals surface area contributed by atoms with Gasteiger partial charge in [-0.15, -0.1) is 0 Å². The summed E-state index contributed by atoms with van der Waals surface area (Å²) in [6.45, 7) is 4.70. The Morgan fingerprint density at radius 1 is 0.517 bits per heavy atom. The van der Waals surface area contributed by atoms with E-state index in [-0.39, 0.29) is 5.41 Å². The first-order chi connectivity index (χ1) is 29.5. The highest BCUT2D eigenvalue weighted by Gasteiger charge is 2.37. The summed E-state index contributed by atoms with van der Waals surface area (Å²) in [5.74, 6) is 0.624. The molecule has 0 amide bonds. The van der Waals surface area contributed by atoms with Crippen molar-refractivity contribution in [3.05, 3.63) is 211 Å². The molecule has 0 radical (unpaired) electrons. The van der Waals surface area contributed by atoms with Crippen LogP contribution in [0.15, 0.2) is 205 Å². The van der Waals surface area contributed by atoms with Gasteiger partial charge in [-0.25, -0.2) is 4.98 Å². The van der Waals surface area contributed by atoms with Gasteiger partial charge < -0.3 is 13.9 Å². The highest BCUT2D eigenvalue weighted by Crippen LogP contribution is 2.54. The van der Waals surface area contributed by atoms with Crippen molar-refractivity contribution >= 4 is 60.7 Å². The molecule has 11 aromatic rings. The van der Waals surface area contributed by atoms with Crippen LogP contribution in [0.1, 0.15) is 25.0 Å². The van der Waals surface area contributed by atoms with Crippen LogP contribution in [0.3, 0.4) is 0 Å². The molecule has 0 aliphatic heterocycles. The largest absolute Gasteiger partial charge is 0.435 e. The van der Waals surface area contributed by atoms with Crippen LogP contribution in [0.2, 0.25) is 0 Å². The number of hydrogen-bond acceptors (Lipinski definition) is 3. The van der Waals surface area contributed by atoms with Gasteiger partial charge in [-0.05, 0) is 106 Å². The molecule has 4 heteroatoms. The van der Waals surface area contributed by atoms with Crippen LogP contribution in [-0.4, -0.2) is 9.55 Å². The number of para-hydroxylation sites is 2. The van der Waals surface area contributed by atoms with Crippen molar-refractivity contribution in [2.24, 2.45) is 0 Å². The van der Waals surface area contributed by atoms with Crippen molar-refractivity contribution in [1.82, 2.24) is 9.55 Å². The molecule has 9 aromatic carbocycles. The Kier molecular flexibility index (Phi) is 7.54. The van der Waals surface area contributed by atoms with Crippen molar-refractivity contribution in [3.63, 3.8) is 0 Å². The van der Waals surface area contributed by atoms with E-state index in [1.165, 1.54) is 54.8 Å². The van der Waals surface area contributed by atoms with E-state index in [2.05, 4.69) is 187 Å². The molecule has 0 saturated heterocycles. The molecule has 0 bridgehead atoms. The Balaban J connectivity index is 1.09. The molecule has 0 N–H and O–H groups in total. The van der Waals surface area contributed by atoms with Gasteiger partial charge in [0.1, 0.15) is 5.52 Å². The van der Waals surface area contributed by atoms with Crippen LogP contribution < -0.4 is 4.90 Å². The molecule has 0 fully saturated rings. The maximum atomic E-state index is 6.48. The smallest absolute Gasteiger partial charge is 0.227 e. The second-order valence-electron chi connectivity index (χ2n) is 16.3. The number of oxazole rings is 1. The topological polar surface area (TPSA) is 34.2 Å². The van der Waals surface area contributed by atoms with Gasteiger partial charge in [0.25, 0.3) is 0 Å². The molecule has 2 aromatic heterocycles. The second-order valence-corrected chi connectivity index (χ2v) is 16.3. The van der Waals surface area contributed by atoms with Gasteiger partial charge in [0.2, 0.25) is 5.89 Å². The Hall–Kier alpha value is -7.69. The van der Waals surface area contributed by atoms with Crippen molar-refractivity contribution in [2.45, 2.75) is 19.3 Å². The molecule has 1 aliphatic rings. The molecule has 0 saturated carbocycles. The first kappa shape index (κ1) is 34.4. The maximum Gasteiger partial charge on any atom is 0.227 e. The van der Waals surface area contributed by atoms with E-state index in [0.717, 1.165) is 50.5 Å². The van der Waals surface area contributed by atoms with Crippen LogP contribution in [0.25, 0.3) is 83.1 Å². The van der Waals surface area contributed by atoms with E-state index in [4.69, 9.17) is 9.40 Å². The fourth-order valence-electron chi connectivity index (χ4n) is 9.79. The lowest BCUT2D eigenvalue weighted by atomic mass is 9.82. The average Bonchev–Trinajstić information content (AvgIpc) is 3.96. The number of hydrogen-bond donors (Lipinski definition) is 0. The highest BCUT2D eigenvalue weighted by molar-refractivity contribution is 6.22. The molecular weight excluding hydrogens is 731 g/mol. The molecule has 60 heavy (non-hydrogen) atoms. The fourth-order valence-corrected chi connectivity index (χ4v) is 9.79. The normalized spacial score (nSPS) is 13.0. The van der Waals surface area contributed by atoms with Crippen molar-refractivity contribution in [3.8, 4) is 39.4 Å². The molecule has 2 heterocycles. The Morgan fingerprint density at radius 2 is 1.20 bits per heavy atom. The van der Waals surface area contributed by atoms with E-state index in [9.17, 15) is 0 Å². The third kappa shape index (κ3) is 5.14. The summed E-state index contributed by atoms with van der Waals surface area (Å²) in [5, 5.41) is 4.94. The molecule has 1 aliphatic carbocycles. The van der Waals surface area contributed by atoms with Gasteiger partial charge in [0.15, 0.2) is 5.58 Å². The molecule has 0 unspecified atom stereocenters. The van der Waals surface area contributed by atoms with Crippen LogP contribution in [0.4, 0.5) is 17.1 Å². The summed E-state index contributed by atoms with van der Waals surface area (Å²) >= 11 is 0. The predicted octanol–water partition coefficient (Wildman–Crippen LogP) is 15.2. The third-order valence-electron chi connectivity index (χ3n) is 12.6. The van der Waals surface area contributed by atoms with Crippen LogP contribution in [-0.2, 0) is 5.41 Å². The highest BCUT2D eigenvalue weighted by atomic mass is 16.3. The molecular formula is C56H39N3O. The minimum atomic E-state index is -0.141. The van der Waals surface area contributed by atoms with Gasteiger partial charge in [0, 0.05) is 49.9 Å². The molecule has 284 valence electrons. The lowest BCUT2D eigenvalue weighted by Gasteiger charge is -2.29. The third-order valence-corrected chi connectivity index (χ3v) is 12.6. The van der Waals surface area contributed by atoms with Crippen molar-refractivity contribution < 1.29 is 4.42 Å². The van der Waals surface area contributed by atoms with Gasteiger partial charge in [0.05, 0.1) is 16.7 Å². The van der Waals surface area contributed by atoms with Crippen LogP contribution >= 0.6 is 0 Å². The number of aromatic nitrogens is 2. The zero-order chi connectivity index (χ0) is 40.0. The van der Waals surface area contributed by atoms with E-state index in [0.29, 0.717) is 5.89 Å². The number of anilines is 3. The van der Waals surface area contributed by atoms with E-state index in [1.807, 2.05) is 36.4 Å². The van der Waals surface area contributed by atoms with Gasteiger partial charge >= 0.3 is 0 Å². The second kappa shape index (κ2) is 13.2. The zero-order valence-corrected chi connectivity index (χ0v) is 33.3. The lowest BCUT2D eigenvalue weighted by molar-refractivity contribution is 0.621. The summed E-state index contributed by atoms with van der Waals surface area (Å²) in [6, 6.07) is 72.0. The van der Waals surface area contributed by atoms with E-state index in [1.54, 1.807) is 0 Å². The SMILES string of the molecule is CC1(C)c2ccccc2-c2c(N(c3ccc(-c4cccc5nc(-c6ccccc6)oc45)cc3)c3ccc4c(c3)c3c5ccccc5ccc3n4-c3ccccc3)cccc21. The Morgan fingerprint density at radius 3 is 2.05 bits per heavy atom. The minimum absolute atomic E-state index is 0.141. The average molecular weight is 770 g/mol. The standard InChI is InChI=1S/C56H39N3O/c1-56(2)46-23-12-11-21-44(46)53-47(56)24-14-26-50(53)58(40-30-27-37(28-31-40)43-22-13-25-48-54(43)60-55(57-48)38-16-5-3-6-17-38)41-32-34-49-45(35-41)52-42-20-10-9-15-36(42)29-33-51(52)59(49)39-18-7-4-8-19-39/h3-35H,1-2H3. The number of fused-ring (bicyclic) bond motifs is 9. The van der Waals surface area contributed by atoms with Gasteiger partial charge in [-0.1, -0.05) is 141 Å². The quantitative estimate of drug-likeness (QED) is 0.169. The number of nitrogens with zero attached hydrogens (tertiary/aromatic N) is 3. The predicted molar refractivity (Wildman–Crippen MR) is 249 cm³/mol. The minimum Gasteiger partial charge on any atom is -0.435 e. The maximum absolute atomic E-state index is 6.48. The summed E-state index contributed by atoms with van der Waals surface area (Å²) < 4.78 is 8.89. The van der Waals surface area contributed by atoms with Crippen LogP contribution in [0.5, 0.6) is 0 Å². The summed E-state index contributed by atoms with van der Waals surface area (Å²) in [5.41, 5.74) is 16.6. The van der Waals surface area contributed by atoms with Crippen molar-refractivity contribution in [1.29, 1.82) is 0 Å². The summed E-state index contributed by atoms with van der Waals surface area (Å²) in [4.78, 5) is 7.33. The molecule has 4 nitrogen and oxygen atoms in total. The first-order valence-corrected chi connectivity index (χ1v) is 20.6. The Bertz CT molecular complexity index is 3450. The summed E-state index contributed by atoms with van der Waals surface area (Å²) in [7, 11) is 0. The molecule has 0 atom stereocenters. The fraction of sp³-hybridized carbons (Fsp3) is 0.0536. The van der Waals surface area contributed by atoms with Crippen LogP contribution in [0, 0.1) is 0 Å². The molecule has 12 rings (SSSR count). The van der Waals surface area contributed by atoms with Gasteiger partial charge in [-0.3, -0.25) is 0 Å². The van der Waals surface area contributed by atoms with Gasteiger partial charge in [-0.2, -0.15) is 0 Å². The van der Waals surface area contributed by atoms with Crippen molar-refractivity contribution in [2.75, 3.05) is 4.90 Å². The Labute approximate surface area is 348 Å². The zero-order valence-electron chi connectivity index (χ0n) is 33.3. The first-order valence-electron chi connectivity index (χ1n) is 20.6. The number of benzene rings is 9. The number of rotatable bonds is 6. The monoisotopic (exact) mass is 769 g/mol.